The summed E-state index contributed by atoms with van der Waals surface area (Å²) in [4.78, 5) is 2.63. The zero-order chi connectivity index (χ0) is 20.2. The van der Waals surface area contributed by atoms with Crippen molar-refractivity contribution in [3.63, 3.8) is 0 Å². The van der Waals surface area contributed by atoms with Gasteiger partial charge >= 0.3 is 0 Å². The molecule has 138 valence electrons. The first-order chi connectivity index (χ1) is 14.0. The third-order valence-corrected chi connectivity index (χ3v) is 8.30. The largest absolute Gasteiger partial charge is 0.192 e. The fraction of sp³-hybridized carbons (Fsp3) is 0.120. The maximum absolute atomic E-state index is 9.25. The van der Waals surface area contributed by atoms with E-state index in [4.69, 9.17) is 0 Å². The molecule has 0 unspecified atom stereocenters. The van der Waals surface area contributed by atoms with Gasteiger partial charge in [0.15, 0.2) is 0 Å². The van der Waals surface area contributed by atoms with Gasteiger partial charge in [-0.05, 0) is 51.0 Å². The summed E-state index contributed by atoms with van der Waals surface area (Å²) < 4.78 is 1.31. The standard InChI is InChI=1S/C25H16N2S2/c1-25(2)20-11-15(17(13-26)14-27)7-9-18(20)19-10-8-16(12-21(19)25)24-28-22-5-3-4-6-23(22)29-24/h3-12H,1-2H3. The Hall–Kier alpha value is -2.92. The highest BCUT2D eigenvalue weighted by Crippen LogP contribution is 2.51. The minimum atomic E-state index is -0.186. The molecular weight excluding hydrogens is 392 g/mol. The van der Waals surface area contributed by atoms with Crippen LogP contribution in [0.4, 0.5) is 0 Å². The molecule has 0 N–H and O–H groups in total. The number of thioether (sulfide) groups is 2. The van der Waals surface area contributed by atoms with E-state index in [0.29, 0.717) is 5.22 Å². The minimum Gasteiger partial charge on any atom is -0.192 e. The third-order valence-electron chi connectivity index (χ3n) is 5.68. The summed E-state index contributed by atoms with van der Waals surface area (Å²) in [7, 11) is 0. The van der Waals surface area contributed by atoms with Gasteiger partial charge in [0.25, 0.3) is 0 Å². The highest BCUT2D eigenvalue weighted by Gasteiger charge is 2.30. The normalized spacial score (nSPS) is 15.1. The van der Waals surface area contributed by atoms with Crippen molar-refractivity contribution in [3.05, 3.63) is 92.7 Å². The summed E-state index contributed by atoms with van der Waals surface area (Å²) in [6.07, 6.45) is 0. The molecule has 1 heterocycles. The van der Waals surface area contributed by atoms with Crippen LogP contribution in [0, 0.1) is 33.1 Å². The molecule has 0 fully saturated rings. The van der Waals surface area contributed by atoms with Crippen LogP contribution in [0.2, 0.25) is 0 Å². The first-order valence-electron chi connectivity index (χ1n) is 9.32. The number of rotatable bonds is 0. The second-order valence-corrected chi connectivity index (χ2v) is 10.0. The number of benzene rings is 3. The van der Waals surface area contributed by atoms with Gasteiger partial charge in [-0.25, -0.2) is 0 Å². The summed E-state index contributed by atoms with van der Waals surface area (Å²) in [6, 6.07) is 25.2. The second kappa shape index (κ2) is 6.56. The lowest BCUT2D eigenvalue weighted by molar-refractivity contribution is 0.649. The van der Waals surface area contributed by atoms with Crippen LogP contribution in [0.25, 0.3) is 9.81 Å². The Balaban J connectivity index is 1.75. The van der Waals surface area contributed by atoms with Gasteiger partial charge < -0.3 is 0 Å². The predicted octanol–water partition coefficient (Wildman–Crippen LogP) is 4.77. The molecule has 4 heteroatoms. The Morgan fingerprint density at radius 3 is 2.00 bits per heavy atom. The topological polar surface area (TPSA) is 47.6 Å². The van der Waals surface area contributed by atoms with Crippen molar-refractivity contribution in [1.29, 1.82) is 10.5 Å². The number of nitriles is 2. The molecule has 1 aliphatic carbocycles. The number of hydrogen-bond acceptors (Lipinski definition) is 4. The average Bonchev–Trinajstić information content (AvgIpc) is 3.26. The fourth-order valence-corrected chi connectivity index (χ4v) is 6.61. The SMILES string of the molecule is CC1(C)c2cc(=C(C#N)C#N)ccc2=c2ccc(=C3Sc4ccccc4S3)cc21. The van der Waals surface area contributed by atoms with Crippen molar-refractivity contribution < 1.29 is 0 Å². The van der Waals surface area contributed by atoms with Gasteiger partial charge in [0.1, 0.15) is 17.7 Å². The van der Waals surface area contributed by atoms with E-state index in [0.717, 1.165) is 0 Å². The van der Waals surface area contributed by atoms with Gasteiger partial charge in [-0.3, -0.25) is 0 Å². The molecule has 3 aromatic carbocycles. The van der Waals surface area contributed by atoms with Crippen LogP contribution in [-0.4, -0.2) is 0 Å². The zero-order valence-electron chi connectivity index (χ0n) is 16.0. The summed E-state index contributed by atoms with van der Waals surface area (Å²) in [5, 5.41) is 22.9. The number of hydrogen-bond donors (Lipinski definition) is 0. The zero-order valence-corrected chi connectivity index (χ0v) is 17.6. The van der Waals surface area contributed by atoms with Crippen molar-refractivity contribution in [2.24, 2.45) is 0 Å². The lowest BCUT2D eigenvalue weighted by Crippen LogP contribution is -2.20. The molecule has 0 spiro atoms. The molecule has 3 aromatic rings. The van der Waals surface area contributed by atoms with Crippen molar-refractivity contribution in [1.82, 2.24) is 0 Å². The van der Waals surface area contributed by atoms with Crippen molar-refractivity contribution in [3.8, 4) is 12.1 Å². The molecule has 0 bridgehead atoms. The van der Waals surface area contributed by atoms with E-state index < -0.39 is 0 Å². The highest BCUT2D eigenvalue weighted by atomic mass is 32.2. The molecule has 2 nitrogen and oxygen atoms in total. The molecule has 5 rings (SSSR count). The van der Waals surface area contributed by atoms with Gasteiger partial charge in [-0.2, -0.15) is 10.5 Å². The summed E-state index contributed by atoms with van der Waals surface area (Å²) in [5.41, 5.74) is 2.44. The van der Waals surface area contributed by atoms with Gasteiger partial charge in [-0.1, -0.05) is 73.8 Å². The van der Waals surface area contributed by atoms with E-state index in [9.17, 15) is 10.5 Å². The Morgan fingerprint density at radius 2 is 1.38 bits per heavy atom. The van der Waals surface area contributed by atoms with Gasteiger partial charge in [0.2, 0.25) is 0 Å². The van der Waals surface area contributed by atoms with Crippen LogP contribution < -0.4 is 10.4 Å². The smallest absolute Gasteiger partial charge is 0.136 e. The van der Waals surface area contributed by atoms with E-state index in [-0.39, 0.29) is 11.0 Å². The van der Waals surface area contributed by atoms with E-state index in [1.165, 1.54) is 40.8 Å². The molecule has 0 aromatic heterocycles. The summed E-state index contributed by atoms with van der Waals surface area (Å²) in [6.45, 7) is 4.44. The summed E-state index contributed by atoms with van der Waals surface area (Å²) in [5.74, 6) is 0. The fourth-order valence-electron chi connectivity index (χ4n) is 4.13. The van der Waals surface area contributed by atoms with E-state index in [1.54, 1.807) is 0 Å². The van der Waals surface area contributed by atoms with Crippen LogP contribution in [0.15, 0.2) is 70.5 Å². The first-order valence-corrected chi connectivity index (χ1v) is 11.0. The number of fused-ring (bicyclic) bond motifs is 3. The maximum Gasteiger partial charge on any atom is 0.136 e. The highest BCUT2D eigenvalue weighted by molar-refractivity contribution is 8.32. The molecule has 2 aliphatic rings. The van der Waals surface area contributed by atoms with Gasteiger partial charge in [0, 0.05) is 20.4 Å². The van der Waals surface area contributed by atoms with E-state index >= 15 is 0 Å². The first kappa shape index (κ1) is 18.1. The predicted molar refractivity (Wildman–Crippen MR) is 118 cm³/mol. The van der Waals surface area contributed by atoms with Crippen LogP contribution in [0.1, 0.15) is 25.0 Å². The van der Waals surface area contributed by atoms with E-state index in [1.807, 2.05) is 47.8 Å². The second-order valence-electron chi connectivity index (χ2n) is 7.68. The van der Waals surface area contributed by atoms with E-state index in [2.05, 4.69) is 62.4 Å². The Labute approximate surface area is 177 Å². The average molecular weight is 409 g/mol. The molecule has 29 heavy (non-hydrogen) atoms. The Bertz CT molecular complexity index is 1460. The van der Waals surface area contributed by atoms with Gasteiger partial charge in [-0.15, -0.1) is 0 Å². The third kappa shape index (κ3) is 2.72. The molecule has 0 saturated carbocycles. The Kier molecular flexibility index (Phi) is 4.10. The molecule has 0 radical (unpaired) electrons. The van der Waals surface area contributed by atoms with Gasteiger partial charge in [0.05, 0.1) is 4.24 Å². The molecule has 0 atom stereocenters. The van der Waals surface area contributed by atoms with Crippen molar-refractivity contribution >= 4 is 33.3 Å². The van der Waals surface area contributed by atoms with Crippen LogP contribution >= 0.6 is 23.5 Å². The number of nitrogens with zero attached hydrogens (tertiary/aromatic N) is 2. The minimum absolute atomic E-state index is 0.160. The molecule has 1 aliphatic heterocycles. The monoisotopic (exact) mass is 408 g/mol. The Morgan fingerprint density at radius 1 is 0.793 bits per heavy atom. The molecular formula is C25H16N2S2. The van der Waals surface area contributed by atoms with Crippen LogP contribution in [0.5, 0.6) is 0 Å². The lowest BCUT2D eigenvalue weighted by Gasteiger charge is -2.22. The molecule has 0 amide bonds. The maximum atomic E-state index is 9.25. The molecule has 0 saturated heterocycles. The lowest BCUT2D eigenvalue weighted by atomic mass is 9.81. The summed E-state index contributed by atoms with van der Waals surface area (Å²) >= 11 is 3.67. The van der Waals surface area contributed by atoms with Crippen molar-refractivity contribution in [2.75, 3.05) is 0 Å². The quantitative estimate of drug-likeness (QED) is 0.537. The van der Waals surface area contributed by atoms with Crippen molar-refractivity contribution in [2.45, 2.75) is 29.1 Å². The van der Waals surface area contributed by atoms with Crippen LogP contribution in [0.3, 0.4) is 0 Å². The van der Waals surface area contributed by atoms with Crippen LogP contribution in [-0.2, 0) is 5.41 Å².